The Hall–Kier alpha value is -3.57. The van der Waals surface area contributed by atoms with Gasteiger partial charge in [0, 0.05) is 23.9 Å². The Balaban J connectivity index is 1.56. The largest absolute Gasteiger partial charge is 0.497 e. The van der Waals surface area contributed by atoms with E-state index in [0.29, 0.717) is 35.5 Å². The summed E-state index contributed by atoms with van der Waals surface area (Å²) >= 11 is 0. The topological polar surface area (TPSA) is 51.9 Å². The van der Waals surface area contributed by atoms with E-state index in [1.54, 1.807) is 7.11 Å². The highest BCUT2D eigenvalue weighted by molar-refractivity contribution is 6.16. The molecule has 4 rings (SSSR count). The Morgan fingerprint density at radius 1 is 0.882 bits per heavy atom. The fraction of sp³-hybridized carbons (Fsp3) is 0.276. The van der Waals surface area contributed by atoms with Gasteiger partial charge in [0.05, 0.1) is 12.7 Å². The maximum Gasteiger partial charge on any atom is 0.197 e. The minimum atomic E-state index is -0.0526. The second-order valence-corrected chi connectivity index (χ2v) is 8.15. The Bertz CT molecular complexity index is 1220. The van der Waals surface area contributed by atoms with E-state index in [0.717, 1.165) is 42.1 Å². The Morgan fingerprint density at radius 2 is 1.56 bits per heavy atom. The van der Waals surface area contributed by atoms with Gasteiger partial charge in [0.15, 0.2) is 5.78 Å². The maximum absolute atomic E-state index is 13.6. The first-order valence-corrected chi connectivity index (χ1v) is 11.8. The summed E-state index contributed by atoms with van der Waals surface area (Å²) in [5.41, 5.74) is 2.98. The quantitative estimate of drug-likeness (QED) is 0.259. The van der Waals surface area contributed by atoms with Crippen molar-refractivity contribution in [2.75, 3.05) is 33.4 Å². The number of methoxy groups -OCH3 is 1. The molecule has 5 heteroatoms. The number of carbonyl (C=O) groups excluding carboxylic acids is 1. The van der Waals surface area contributed by atoms with Gasteiger partial charge in [-0.05, 0) is 61.1 Å². The summed E-state index contributed by atoms with van der Waals surface area (Å²) in [5.74, 6) is 2.17. The highest BCUT2D eigenvalue weighted by atomic mass is 16.5. The van der Waals surface area contributed by atoms with Crippen LogP contribution < -0.4 is 9.47 Å². The van der Waals surface area contributed by atoms with Crippen LogP contribution in [0.1, 0.15) is 41.1 Å². The number of fused-ring (bicyclic) bond motifs is 1. The molecule has 4 aromatic rings. The van der Waals surface area contributed by atoms with Crippen LogP contribution in [-0.2, 0) is 6.42 Å². The molecular formula is C29H31NO4. The number of hydrogen-bond donors (Lipinski definition) is 0. The van der Waals surface area contributed by atoms with Gasteiger partial charge in [0.2, 0.25) is 0 Å². The Kier molecular flexibility index (Phi) is 7.65. The summed E-state index contributed by atoms with van der Waals surface area (Å²) in [4.78, 5) is 15.9. The van der Waals surface area contributed by atoms with Crippen molar-refractivity contribution in [3.63, 3.8) is 0 Å². The van der Waals surface area contributed by atoms with Crippen molar-refractivity contribution < 1.29 is 18.7 Å². The summed E-state index contributed by atoms with van der Waals surface area (Å²) in [6.07, 6.45) is 0.520. The number of likely N-dealkylation sites (N-methyl/N-ethyl adjacent to an activating group) is 1. The zero-order chi connectivity index (χ0) is 23.9. The molecule has 0 aliphatic heterocycles. The number of carbonyl (C=O) groups is 1. The lowest BCUT2D eigenvalue weighted by molar-refractivity contribution is 0.103. The SMILES string of the molecule is CCN(CC)CCOc1ccc(C(=O)c2c(Cc3ccc(OC)cc3)oc3ccccc23)cc1. The third-order valence-electron chi connectivity index (χ3n) is 6.11. The lowest BCUT2D eigenvalue weighted by Crippen LogP contribution is -2.27. The molecule has 0 fully saturated rings. The zero-order valence-electron chi connectivity index (χ0n) is 20.0. The molecule has 0 bridgehead atoms. The lowest BCUT2D eigenvalue weighted by Gasteiger charge is -2.18. The lowest BCUT2D eigenvalue weighted by atomic mass is 9.97. The zero-order valence-corrected chi connectivity index (χ0v) is 20.0. The number of furan rings is 1. The molecule has 5 nitrogen and oxygen atoms in total. The number of nitrogens with zero attached hydrogens (tertiary/aromatic N) is 1. The van der Waals surface area contributed by atoms with Crippen LogP contribution >= 0.6 is 0 Å². The van der Waals surface area contributed by atoms with E-state index in [9.17, 15) is 4.79 Å². The van der Waals surface area contributed by atoms with Gasteiger partial charge in [-0.15, -0.1) is 0 Å². The van der Waals surface area contributed by atoms with E-state index in [1.807, 2.05) is 72.8 Å². The molecule has 1 aromatic heterocycles. The highest BCUT2D eigenvalue weighted by Crippen LogP contribution is 2.30. The van der Waals surface area contributed by atoms with Crippen LogP contribution in [0.4, 0.5) is 0 Å². The monoisotopic (exact) mass is 457 g/mol. The average Bonchev–Trinajstić information content (AvgIpc) is 3.25. The minimum absolute atomic E-state index is 0.0526. The molecular weight excluding hydrogens is 426 g/mol. The average molecular weight is 458 g/mol. The van der Waals surface area contributed by atoms with Crippen molar-refractivity contribution in [3.8, 4) is 11.5 Å². The van der Waals surface area contributed by atoms with Crippen molar-refractivity contribution in [2.45, 2.75) is 20.3 Å². The van der Waals surface area contributed by atoms with E-state index in [2.05, 4.69) is 18.7 Å². The molecule has 0 atom stereocenters. The van der Waals surface area contributed by atoms with Gasteiger partial charge in [0.25, 0.3) is 0 Å². The molecule has 0 aliphatic rings. The summed E-state index contributed by atoms with van der Waals surface area (Å²) in [6.45, 7) is 7.80. The molecule has 176 valence electrons. The summed E-state index contributed by atoms with van der Waals surface area (Å²) in [6, 6.07) is 22.9. The predicted molar refractivity (Wildman–Crippen MR) is 135 cm³/mol. The van der Waals surface area contributed by atoms with Crippen molar-refractivity contribution in [1.29, 1.82) is 0 Å². The molecule has 0 saturated carbocycles. The molecule has 0 unspecified atom stereocenters. The van der Waals surface area contributed by atoms with Crippen LogP contribution in [0.2, 0.25) is 0 Å². The van der Waals surface area contributed by atoms with Crippen LogP contribution in [0.25, 0.3) is 11.0 Å². The van der Waals surface area contributed by atoms with Gasteiger partial charge >= 0.3 is 0 Å². The summed E-state index contributed by atoms with van der Waals surface area (Å²) < 4.78 is 17.3. The van der Waals surface area contributed by atoms with Crippen molar-refractivity contribution >= 4 is 16.8 Å². The van der Waals surface area contributed by atoms with E-state index in [1.165, 1.54) is 0 Å². The van der Waals surface area contributed by atoms with E-state index >= 15 is 0 Å². The van der Waals surface area contributed by atoms with Crippen LogP contribution in [0.3, 0.4) is 0 Å². The third-order valence-corrected chi connectivity index (χ3v) is 6.11. The molecule has 0 amide bonds. The molecule has 3 aromatic carbocycles. The fourth-order valence-electron chi connectivity index (χ4n) is 4.08. The number of rotatable bonds is 11. The number of ketones is 1. The van der Waals surface area contributed by atoms with Crippen molar-refractivity contribution in [2.24, 2.45) is 0 Å². The van der Waals surface area contributed by atoms with Crippen molar-refractivity contribution in [1.82, 2.24) is 4.90 Å². The van der Waals surface area contributed by atoms with E-state index < -0.39 is 0 Å². The molecule has 1 heterocycles. The van der Waals surface area contributed by atoms with Gasteiger partial charge in [-0.1, -0.05) is 44.2 Å². The number of para-hydroxylation sites is 1. The summed E-state index contributed by atoms with van der Waals surface area (Å²) in [7, 11) is 1.65. The van der Waals surface area contributed by atoms with Gasteiger partial charge in [-0.2, -0.15) is 0 Å². The Labute approximate surface area is 200 Å². The third kappa shape index (κ3) is 5.32. The highest BCUT2D eigenvalue weighted by Gasteiger charge is 2.22. The Morgan fingerprint density at radius 3 is 2.24 bits per heavy atom. The van der Waals surface area contributed by atoms with Gasteiger partial charge in [-0.3, -0.25) is 4.79 Å². The predicted octanol–water partition coefficient (Wildman–Crippen LogP) is 5.98. The molecule has 34 heavy (non-hydrogen) atoms. The van der Waals surface area contributed by atoms with E-state index in [-0.39, 0.29) is 5.78 Å². The first-order valence-electron chi connectivity index (χ1n) is 11.8. The molecule has 0 saturated heterocycles. The number of benzene rings is 3. The smallest absolute Gasteiger partial charge is 0.197 e. The van der Waals surface area contributed by atoms with Crippen LogP contribution in [0.5, 0.6) is 11.5 Å². The molecule has 0 radical (unpaired) electrons. The maximum atomic E-state index is 13.6. The van der Waals surface area contributed by atoms with E-state index in [4.69, 9.17) is 13.9 Å². The second-order valence-electron chi connectivity index (χ2n) is 8.15. The van der Waals surface area contributed by atoms with Crippen molar-refractivity contribution in [3.05, 3.63) is 95.2 Å². The molecule has 0 aliphatic carbocycles. The minimum Gasteiger partial charge on any atom is -0.497 e. The summed E-state index contributed by atoms with van der Waals surface area (Å²) in [5, 5.41) is 0.829. The molecule has 0 spiro atoms. The fourth-order valence-corrected chi connectivity index (χ4v) is 4.08. The van der Waals surface area contributed by atoms with Gasteiger partial charge in [-0.25, -0.2) is 0 Å². The van der Waals surface area contributed by atoms with Crippen LogP contribution in [0, 0.1) is 0 Å². The number of ether oxygens (including phenoxy) is 2. The second kappa shape index (κ2) is 11.0. The first-order chi connectivity index (χ1) is 16.6. The number of hydrogen-bond acceptors (Lipinski definition) is 5. The normalized spacial score (nSPS) is 11.2. The standard InChI is InChI=1S/C29H31NO4/c1-4-30(5-2)18-19-33-24-16-12-22(13-17-24)29(31)28-25-8-6-7-9-26(25)34-27(28)20-21-10-14-23(32-3)15-11-21/h6-17H,4-5,18-20H2,1-3H3. The molecule has 0 N–H and O–H groups in total. The van der Waals surface area contributed by atoms with Crippen LogP contribution in [-0.4, -0.2) is 44.0 Å². The van der Waals surface area contributed by atoms with Gasteiger partial charge in [0.1, 0.15) is 29.4 Å². The first kappa shape index (κ1) is 23.6. The van der Waals surface area contributed by atoms with Crippen LogP contribution in [0.15, 0.2) is 77.2 Å². The van der Waals surface area contributed by atoms with Gasteiger partial charge < -0.3 is 18.8 Å².